The van der Waals surface area contributed by atoms with Gasteiger partial charge in [0.05, 0.1) is 0 Å². The first-order chi connectivity index (χ1) is 1.73. The first-order valence-electron chi connectivity index (χ1n) is 0.651. The van der Waals surface area contributed by atoms with Crippen LogP contribution in [0.5, 0.6) is 0 Å². The summed E-state index contributed by atoms with van der Waals surface area (Å²) < 4.78 is 0. The van der Waals surface area contributed by atoms with Gasteiger partial charge in [-0.05, 0) is 0 Å². The van der Waals surface area contributed by atoms with Crippen LogP contribution in [0.4, 0.5) is 4.79 Å². The molecule has 0 aromatic rings. The van der Waals surface area contributed by atoms with E-state index in [1.165, 1.54) is 0 Å². The standard InChI is InChI=1S/CH2O3.Ca.H2Se.2H/c2-1(3)4;;;;/h(H2,2,3,4);;1H2;;. The molecule has 0 saturated heterocycles. The second-order valence-electron chi connectivity index (χ2n) is 0.283. The molecule has 0 radical (unpaired) electrons. The van der Waals surface area contributed by atoms with Crippen molar-refractivity contribution < 1.29 is 15.0 Å². The molecule has 0 aliphatic rings. The molecule has 5 heteroatoms. The Kier molecular flexibility index (Phi) is 24.7. The molecular weight excluding hydrogens is 179 g/mol. The van der Waals surface area contributed by atoms with Gasteiger partial charge in [0, 0.05) is 0 Å². The number of carboxylic acid groups (broad SMARTS) is 2. The van der Waals surface area contributed by atoms with E-state index in [0.717, 1.165) is 0 Å². The first-order valence-corrected chi connectivity index (χ1v) is 0.651. The van der Waals surface area contributed by atoms with Gasteiger partial charge in [-0.25, -0.2) is 4.79 Å². The van der Waals surface area contributed by atoms with E-state index in [1.807, 2.05) is 0 Å². The molecule has 3 nitrogen and oxygen atoms in total. The molecule has 0 amide bonds. The molecule has 6 heavy (non-hydrogen) atoms. The number of hydrogen-bond donors (Lipinski definition) is 2. The minimum atomic E-state index is -1.83. The van der Waals surface area contributed by atoms with Crippen LogP contribution in [0.2, 0.25) is 0 Å². The number of carbonyl (C=O) groups is 1. The minimum absolute atomic E-state index is 0. The van der Waals surface area contributed by atoms with Crippen LogP contribution >= 0.6 is 0 Å². The average molecular weight is 185 g/mol. The van der Waals surface area contributed by atoms with Crippen molar-refractivity contribution in [2.75, 3.05) is 0 Å². The molecule has 0 fully saturated rings. The summed E-state index contributed by atoms with van der Waals surface area (Å²) in [6, 6.07) is 0. The summed E-state index contributed by atoms with van der Waals surface area (Å²) in [6.07, 6.45) is -1.83. The van der Waals surface area contributed by atoms with E-state index in [1.54, 1.807) is 0 Å². The van der Waals surface area contributed by atoms with E-state index >= 15 is 0 Å². The Morgan fingerprint density at radius 3 is 1.33 bits per heavy atom. The third kappa shape index (κ3) is 75.2. The molecular formula is CH6CaO3Se. The van der Waals surface area contributed by atoms with Gasteiger partial charge in [-0.3, -0.25) is 0 Å². The van der Waals surface area contributed by atoms with Gasteiger partial charge in [0.25, 0.3) is 0 Å². The van der Waals surface area contributed by atoms with Crippen LogP contribution in [0.25, 0.3) is 0 Å². The van der Waals surface area contributed by atoms with Crippen molar-refractivity contribution in [2.45, 2.75) is 0 Å². The SMILES string of the molecule is O=C(O)O.[CaH2].[SeH2]. The van der Waals surface area contributed by atoms with Crippen LogP contribution in [0, 0.1) is 0 Å². The van der Waals surface area contributed by atoms with Crippen LogP contribution in [-0.4, -0.2) is 71.2 Å². The van der Waals surface area contributed by atoms with Gasteiger partial charge >= 0.3 is 61.0 Å². The first kappa shape index (κ1) is 15.7. The van der Waals surface area contributed by atoms with Crippen LogP contribution in [0.1, 0.15) is 0 Å². The molecule has 0 aromatic heterocycles. The summed E-state index contributed by atoms with van der Waals surface area (Å²) in [5, 5.41) is 13.9. The number of hydrogen-bond acceptors (Lipinski definition) is 1. The van der Waals surface area contributed by atoms with Gasteiger partial charge in [0.2, 0.25) is 0 Å². The Labute approximate surface area is 75.2 Å². The number of rotatable bonds is 0. The molecule has 2 N–H and O–H groups in total. The molecule has 0 aliphatic carbocycles. The third-order valence-corrected chi connectivity index (χ3v) is 0. The summed E-state index contributed by atoms with van der Waals surface area (Å²) in [6.45, 7) is 0. The summed E-state index contributed by atoms with van der Waals surface area (Å²) in [7, 11) is 0. The Hall–Kier alpha value is 1.05. The van der Waals surface area contributed by atoms with Crippen molar-refractivity contribution in [2.24, 2.45) is 0 Å². The van der Waals surface area contributed by atoms with Gasteiger partial charge < -0.3 is 10.2 Å². The Bertz CT molecular complexity index is 33.8. The average Bonchev–Trinajstić information content (AvgIpc) is 0.811. The Balaban J connectivity index is -0.0000000450. The zero-order valence-corrected chi connectivity index (χ0v) is 4.40. The van der Waals surface area contributed by atoms with E-state index in [0.29, 0.717) is 0 Å². The summed E-state index contributed by atoms with van der Waals surface area (Å²) in [5.74, 6) is 0. The van der Waals surface area contributed by atoms with E-state index in [2.05, 4.69) is 0 Å². The predicted octanol–water partition coefficient (Wildman–Crippen LogP) is -1.61. The third-order valence-electron chi connectivity index (χ3n) is 0. The Morgan fingerprint density at radius 1 is 1.33 bits per heavy atom. The van der Waals surface area contributed by atoms with Crippen LogP contribution in [0.3, 0.4) is 0 Å². The van der Waals surface area contributed by atoms with Crippen molar-refractivity contribution in [3.63, 3.8) is 0 Å². The maximum absolute atomic E-state index is 8.56. The Morgan fingerprint density at radius 2 is 1.33 bits per heavy atom. The molecule has 0 unspecified atom stereocenters. The van der Waals surface area contributed by atoms with Crippen molar-refractivity contribution in [3.05, 3.63) is 0 Å². The predicted molar refractivity (Wildman–Crippen MR) is 27.7 cm³/mol. The fourth-order valence-corrected chi connectivity index (χ4v) is 0. The van der Waals surface area contributed by atoms with Crippen LogP contribution in [-0.2, 0) is 0 Å². The van der Waals surface area contributed by atoms with Crippen LogP contribution in [0.15, 0.2) is 0 Å². The van der Waals surface area contributed by atoms with Gasteiger partial charge in [-0.1, -0.05) is 0 Å². The van der Waals surface area contributed by atoms with E-state index in [4.69, 9.17) is 15.0 Å². The van der Waals surface area contributed by atoms with E-state index in [9.17, 15) is 0 Å². The molecule has 0 rings (SSSR count). The quantitative estimate of drug-likeness (QED) is 0.446. The van der Waals surface area contributed by atoms with Gasteiger partial charge in [-0.15, -0.1) is 0 Å². The monoisotopic (exact) mass is 186 g/mol. The van der Waals surface area contributed by atoms with E-state index < -0.39 is 6.16 Å². The summed E-state index contributed by atoms with van der Waals surface area (Å²) in [4.78, 5) is 8.56. The van der Waals surface area contributed by atoms with Crippen molar-refractivity contribution >= 4 is 61.0 Å². The fraction of sp³-hybridized carbons (Fsp3) is 0. The topological polar surface area (TPSA) is 57.5 Å². The fourth-order valence-electron chi connectivity index (χ4n) is 0. The molecule has 0 heterocycles. The zero-order valence-electron chi connectivity index (χ0n) is 2.30. The normalized spacial score (nSPS) is 4.00. The maximum atomic E-state index is 8.56. The molecule has 0 aromatic carbocycles. The van der Waals surface area contributed by atoms with Crippen molar-refractivity contribution in [1.29, 1.82) is 0 Å². The van der Waals surface area contributed by atoms with E-state index in [-0.39, 0.29) is 54.8 Å². The second-order valence-corrected chi connectivity index (χ2v) is 0.283. The van der Waals surface area contributed by atoms with Crippen molar-refractivity contribution in [1.82, 2.24) is 0 Å². The van der Waals surface area contributed by atoms with Gasteiger partial charge in [0.15, 0.2) is 0 Å². The van der Waals surface area contributed by atoms with Gasteiger partial charge in [-0.2, -0.15) is 0 Å². The zero-order chi connectivity index (χ0) is 3.58. The molecule has 0 atom stereocenters. The van der Waals surface area contributed by atoms with Crippen molar-refractivity contribution in [3.8, 4) is 0 Å². The molecule has 0 bridgehead atoms. The molecule has 0 spiro atoms. The molecule has 36 valence electrons. The molecule has 0 aliphatic heterocycles. The molecule has 0 saturated carbocycles. The summed E-state index contributed by atoms with van der Waals surface area (Å²) >= 11 is 0. The van der Waals surface area contributed by atoms with Crippen LogP contribution < -0.4 is 0 Å². The summed E-state index contributed by atoms with van der Waals surface area (Å²) in [5.41, 5.74) is 0. The van der Waals surface area contributed by atoms with Gasteiger partial charge in [0.1, 0.15) is 0 Å². The second kappa shape index (κ2) is 9.41.